The van der Waals surface area contributed by atoms with Gasteiger partial charge in [-0.25, -0.2) is 0 Å². The topological polar surface area (TPSA) is 38.0 Å². The third kappa shape index (κ3) is 2.82. The summed E-state index contributed by atoms with van der Waals surface area (Å²) in [6.07, 6.45) is 5.39. The molecule has 1 heterocycles. The van der Waals surface area contributed by atoms with Gasteiger partial charge >= 0.3 is 0 Å². The van der Waals surface area contributed by atoms with Crippen LogP contribution in [0.3, 0.4) is 0 Å². The minimum absolute atomic E-state index is 0.212. The Bertz CT molecular complexity index is 441. The summed E-state index contributed by atoms with van der Waals surface area (Å²) < 4.78 is 2.03. The summed E-state index contributed by atoms with van der Waals surface area (Å²) in [6, 6.07) is 0.256. The summed E-state index contributed by atoms with van der Waals surface area (Å²) in [5, 5.41) is 15.2. The van der Waals surface area contributed by atoms with Gasteiger partial charge in [-0.2, -0.15) is 5.10 Å². The molecule has 108 valence electrons. The van der Waals surface area contributed by atoms with Gasteiger partial charge in [0.05, 0.1) is 29.1 Å². The Balaban J connectivity index is 2.34. The third-order valence-corrected chi connectivity index (χ3v) is 5.37. The van der Waals surface area contributed by atoms with E-state index in [-0.39, 0.29) is 17.6 Å². The monoisotopic (exact) mass is 284 g/mol. The Kier molecular flexibility index (Phi) is 4.26. The quantitative estimate of drug-likeness (QED) is 0.911. The maximum absolute atomic E-state index is 10.0. The molecule has 3 nitrogen and oxygen atoms in total. The molecule has 0 aromatic carbocycles. The Labute approximate surface area is 121 Å². The molecule has 0 radical (unpaired) electrons. The van der Waals surface area contributed by atoms with E-state index in [9.17, 15) is 5.11 Å². The van der Waals surface area contributed by atoms with E-state index in [2.05, 4.69) is 25.9 Å². The molecule has 3 atom stereocenters. The minimum Gasteiger partial charge on any atom is -0.393 e. The first-order valence-corrected chi connectivity index (χ1v) is 7.62. The molecular weight excluding hydrogens is 260 g/mol. The van der Waals surface area contributed by atoms with E-state index < -0.39 is 0 Å². The lowest BCUT2D eigenvalue weighted by Crippen LogP contribution is -2.39. The van der Waals surface area contributed by atoms with Gasteiger partial charge in [-0.05, 0) is 37.5 Å². The average molecular weight is 285 g/mol. The van der Waals surface area contributed by atoms with Crippen LogP contribution in [-0.2, 0) is 0 Å². The molecule has 1 N–H and O–H groups in total. The summed E-state index contributed by atoms with van der Waals surface area (Å²) in [5.41, 5.74) is 1.27. The standard InChI is InChI=1S/C15H25ClN2O/c1-5-15(3,4)12-7-6-11(19)8-14(12)18-10(2)13(16)9-17-18/h9,11-12,14,19H,5-8H2,1-4H3. The highest BCUT2D eigenvalue weighted by Crippen LogP contribution is 2.46. The summed E-state index contributed by atoms with van der Waals surface area (Å²) in [5.74, 6) is 0.538. The molecule has 0 saturated heterocycles. The molecule has 0 amide bonds. The Morgan fingerprint density at radius 1 is 1.47 bits per heavy atom. The van der Waals surface area contributed by atoms with Gasteiger partial charge in [0.15, 0.2) is 0 Å². The molecule has 1 saturated carbocycles. The van der Waals surface area contributed by atoms with Gasteiger partial charge in [0.1, 0.15) is 0 Å². The lowest BCUT2D eigenvalue weighted by atomic mass is 9.66. The lowest BCUT2D eigenvalue weighted by molar-refractivity contribution is 0.0165. The minimum atomic E-state index is -0.212. The third-order valence-electron chi connectivity index (χ3n) is 5.00. The van der Waals surface area contributed by atoms with Crippen molar-refractivity contribution in [1.82, 2.24) is 9.78 Å². The average Bonchev–Trinajstić information content (AvgIpc) is 2.69. The summed E-state index contributed by atoms with van der Waals surface area (Å²) >= 11 is 6.14. The van der Waals surface area contributed by atoms with E-state index in [4.69, 9.17) is 11.6 Å². The van der Waals surface area contributed by atoms with Gasteiger partial charge in [0.25, 0.3) is 0 Å². The number of aliphatic hydroxyl groups excluding tert-OH is 1. The van der Waals surface area contributed by atoms with Crippen molar-refractivity contribution in [3.05, 3.63) is 16.9 Å². The summed E-state index contributed by atoms with van der Waals surface area (Å²) in [7, 11) is 0. The van der Waals surface area contributed by atoms with Gasteiger partial charge < -0.3 is 5.11 Å². The maximum atomic E-state index is 10.0. The van der Waals surface area contributed by atoms with E-state index in [1.165, 1.54) is 0 Å². The fourth-order valence-electron chi connectivity index (χ4n) is 3.31. The van der Waals surface area contributed by atoms with Crippen LogP contribution in [0.5, 0.6) is 0 Å². The smallest absolute Gasteiger partial charge is 0.0815 e. The molecule has 1 aromatic heterocycles. The number of rotatable bonds is 3. The maximum Gasteiger partial charge on any atom is 0.0815 e. The van der Waals surface area contributed by atoms with Crippen molar-refractivity contribution in [3.63, 3.8) is 0 Å². The normalized spacial score (nSPS) is 28.6. The van der Waals surface area contributed by atoms with Crippen LogP contribution >= 0.6 is 11.6 Å². The van der Waals surface area contributed by atoms with Gasteiger partial charge in [-0.1, -0.05) is 38.8 Å². The van der Waals surface area contributed by atoms with Crippen molar-refractivity contribution < 1.29 is 5.11 Å². The number of nitrogens with zero attached hydrogens (tertiary/aromatic N) is 2. The molecule has 1 aromatic rings. The molecule has 0 spiro atoms. The van der Waals surface area contributed by atoms with Crippen molar-refractivity contribution in [2.45, 2.75) is 65.5 Å². The van der Waals surface area contributed by atoms with Crippen molar-refractivity contribution in [1.29, 1.82) is 0 Å². The number of hydrogen-bond acceptors (Lipinski definition) is 2. The number of hydrogen-bond donors (Lipinski definition) is 1. The predicted octanol–water partition coefficient (Wildman–Crippen LogP) is 3.98. The molecule has 0 aliphatic heterocycles. The first-order valence-electron chi connectivity index (χ1n) is 7.24. The molecule has 4 heteroatoms. The fraction of sp³-hybridized carbons (Fsp3) is 0.800. The van der Waals surface area contributed by atoms with Gasteiger partial charge in [0.2, 0.25) is 0 Å². The zero-order chi connectivity index (χ0) is 14.2. The molecule has 3 unspecified atom stereocenters. The lowest BCUT2D eigenvalue weighted by Gasteiger charge is -2.43. The van der Waals surface area contributed by atoms with Crippen LogP contribution in [0.4, 0.5) is 0 Å². The van der Waals surface area contributed by atoms with Crippen molar-refractivity contribution >= 4 is 11.6 Å². The molecule has 1 aliphatic rings. The second kappa shape index (κ2) is 5.45. The Morgan fingerprint density at radius 3 is 2.68 bits per heavy atom. The van der Waals surface area contributed by atoms with Crippen LogP contribution in [0.1, 0.15) is 58.2 Å². The molecule has 2 rings (SSSR count). The second-order valence-electron chi connectivity index (χ2n) is 6.51. The highest BCUT2D eigenvalue weighted by molar-refractivity contribution is 6.31. The van der Waals surface area contributed by atoms with E-state index in [0.29, 0.717) is 10.9 Å². The SMILES string of the molecule is CCC(C)(C)C1CCC(O)CC1n1ncc(Cl)c1C. The van der Waals surface area contributed by atoms with E-state index >= 15 is 0 Å². The molecule has 0 bridgehead atoms. The first kappa shape index (κ1) is 14.9. The van der Waals surface area contributed by atoms with Gasteiger partial charge in [0, 0.05) is 0 Å². The zero-order valence-electron chi connectivity index (χ0n) is 12.4. The second-order valence-corrected chi connectivity index (χ2v) is 6.91. The Hall–Kier alpha value is -0.540. The largest absolute Gasteiger partial charge is 0.393 e. The molecule has 1 aliphatic carbocycles. The Morgan fingerprint density at radius 2 is 2.16 bits per heavy atom. The summed E-state index contributed by atoms with van der Waals surface area (Å²) in [4.78, 5) is 0. The highest BCUT2D eigenvalue weighted by Gasteiger charge is 2.40. The highest BCUT2D eigenvalue weighted by atomic mass is 35.5. The molecule has 19 heavy (non-hydrogen) atoms. The number of aromatic nitrogens is 2. The van der Waals surface area contributed by atoms with Crippen LogP contribution < -0.4 is 0 Å². The van der Waals surface area contributed by atoms with E-state index in [1.807, 2.05) is 11.6 Å². The molecule has 1 fully saturated rings. The predicted molar refractivity (Wildman–Crippen MR) is 78.4 cm³/mol. The van der Waals surface area contributed by atoms with Crippen LogP contribution in [0, 0.1) is 18.3 Å². The molecular formula is C15H25ClN2O. The van der Waals surface area contributed by atoms with Crippen molar-refractivity contribution in [3.8, 4) is 0 Å². The van der Waals surface area contributed by atoms with Gasteiger partial charge in [-0.3, -0.25) is 4.68 Å². The van der Waals surface area contributed by atoms with Crippen LogP contribution in [0.25, 0.3) is 0 Å². The fourth-order valence-corrected chi connectivity index (χ4v) is 3.44. The van der Waals surface area contributed by atoms with Crippen LogP contribution in [-0.4, -0.2) is 21.0 Å². The van der Waals surface area contributed by atoms with Crippen LogP contribution in [0.15, 0.2) is 6.20 Å². The van der Waals surface area contributed by atoms with Crippen molar-refractivity contribution in [2.75, 3.05) is 0 Å². The van der Waals surface area contributed by atoms with Gasteiger partial charge in [-0.15, -0.1) is 0 Å². The van der Waals surface area contributed by atoms with Crippen LogP contribution in [0.2, 0.25) is 5.02 Å². The van der Waals surface area contributed by atoms with E-state index in [0.717, 1.165) is 31.4 Å². The summed E-state index contributed by atoms with van der Waals surface area (Å²) in [6.45, 7) is 8.89. The number of aliphatic hydroxyl groups is 1. The van der Waals surface area contributed by atoms with E-state index in [1.54, 1.807) is 6.20 Å². The first-order chi connectivity index (χ1) is 8.86. The zero-order valence-corrected chi connectivity index (χ0v) is 13.1. The van der Waals surface area contributed by atoms with Crippen molar-refractivity contribution in [2.24, 2.45) is 11.3 Å². The number of halogens is 1.